The highest BCUT2D eigenvalue weighted by Gasteiger charge is 2.17. The number of carbonyl (C=O) groups excluding carboxylic acids is 2. The summed E-state index contributed by atoms with van der Waals surface area (Å²) < 4.78 is 28.1. The third kappa shape index (κ3) is 4.33. The Labute approximate surface area is 161 Å². The third-order valence-corrected chi connectivity index (χ3v) is 5.04. The second-order valence-corrected chi connectivity index (χ2v) is 7.56. The molecule has 0 saturated carbocycles. The molecule has 0 bridgehead atoms. The number of hydrogen-bond donors (Lipinski definition) is 2. The molecule has 8 nitrogen and oxygen atoms in total. The Hall–Kier alpha value is -3.30. The third-order valence-electron chi connectivity index (χ3n) is 3.98. The molecular formula is C19H17N3O5S. The number of sulfonamides is 1. The first kappa shape index (κ1) is 19.5. The average Bonchev–Trinajstić information content (AvgIpc) is 2.66. The maximum atomic E-state index is 12.2. The average molecular weight is 399 g/mol. The lowest BCUT2D eigenvalue weighted by atomic mass is 10.1. The van der Waals surface area contributed by atoms with Crippen LogP contribution in [0.2, 0.25) is 0 Å². The van der Waals surface area contributed by atoms with Gasteiger partial charge >= 0.3 is 5.97 Å². The molecule has 144 valence electrons. The second kappa shape index (κ2) is 7.75. The van der Waals surface area contributed by atoms with Crippen molar-refractivity contribution in [2.24, 2.45) is 5.14 Å². The van der Waals surface area contributed by atoms with E-state index >= 15 is 0 Å². The number of rotatable bonds is 5. The van der Waals surface area contributed by atoms with Crippen molar-refractivity contribution in [2.45, 2.75) is 11.8 Å². The van der Waals surface area contributed by atoms with E-state index in [1.807, 2.05) is 12.1 Å². The molecule has 0 radical (unpaired) electrons. The number of aryl methyl sites for hydroxylation is 1. The standard InChI is InChI=1S/C19H17N3O5S/c1-12-7-8-13(10-17(12)28(20,25)26)19(24)27-11-18(23)22-16-6-2-5-15-14(16)4-3-9-21-15/h2-10H,11H2,1H3,(H,22,23)(H2,20,25,26). The number of esters is 1. The number of aromatic nitrogens is 1. The summed E-state index contributed by atoms with van der Waals surface area (Å²) in [5, 5.41) is 8.55. The Morgan fingerprint density at radius 1 is 1.14 bits per heavy atom. The van der Waals surface area contributed by atoms with Crippen LogP contribution in [0.5, 0.6) is 0 Å². The van der Waals surface area contributed by atoms with Crippen molar-refractivity contribution in [2.75, 3.05) is 11.9 Å². The van der Waals surface area contributed by atoms with E-state index in [0.717, 1.165) is 11.5 Å². The lowest BCUT2D eigenvalue weighted by Crippen LogP contribution is -2.21. The fraction of sp³-hybridized carbons (Fsp3) is 0.105. The molecule has 0 unspecified atom stereocenters. The van der Waals surface area contributed by atoms with Crippen molar-refractivity contribution in [3.63, 3.8) is 0 Å². The van der Waals surface area contributed by atoms with Gasteiger partial charge in [0, 0.05) is 11.6 Å². The molecule has 2 aromatic carbocycles. The van der Waals surface area contributed by atoms with Crippen molar-refractivity contribution in [1.29, 1.82) is 0 Å². The van der Waals surface area contributed by atoms with Crippen LogP contribution in [-0.4, -0.2) is 31.9 Å². The van der Waals surface area contributed by atoms with Gasteiger partial charge in [0.25, 0.3) is 5.91 Å². The summed E-state index contributed by atoms with van der Waals surface area (Å²) >= 11 is 0. The minimum absolute atomic E-state index is 0.0169. The second-order valence-electron chi connectivity index (χ2n) is 6.03. The molecule has 1 heterocycles. The van der Waals surface area contributed by atoms with Gasteiger partial charge in [-0.25, -0.2) is 18.4 Å². The molecule has 0 aliphatic rings. The Morgan fingerprint density at radius 3 is 2.68 bits per heavy atom. The van der Waals surface area contributed by atoms with E-state index in [-0.39, 0.29) is 10.5 Å². The smallest absolute Gasteiger partial charge is 0.338 e. The molecule has 0 aliphatic carbocycles. The van der Waals surface area contributed by atoms with Crippen molar-refractivity contribution in [3.8, 4) is 0 Å². The normalized spacial score (nSPS) is 11.2. The first-order valence-electron chi connectivity index (χ1n) is 8.20. The zero-order valence-electron chi connectivity index (χ0n) is 14.9. The van der Waals surface area contributed by atoms with Gasteiger partial charge in [0.05, 0.1) is 21.7 Å². The van der Waals surface area contributed by atoms with Crippen LogP contribution in [-0.2, 0) is 19.6 Å². The van der Waals surface area contributed by atoms with Gasteiger partial charge in [0.1, 0.15) is 0 Å². The van der Waals surface area contributed by atoms with Crippen LogP contribution >= 0.6 is 0 Å². The molecule has 3 N–H and O–H groups in total. The highest BCUT2D eigenvalue weighted by Crippen LogP contribution is 2.21. The van der Waals surface area contributed by atoms with Crippen molar-refractivity contribution in [1.82, 2.24) is 4.98 Å². The largest absolute Gasteiger partial charge is 0.452 e. The first-order chi connectivity index (χ1) is 13.3. The molecule has 0 atom stereocenters. The van der Waals surface area contributed by atoms with Gasteiger partial charge in [-0.1, -0.05) is 12.1 Å². The van der Waals surface area contributed by atoms with E-state index in [2.05, 4.69) is 10.3 Å². The van der Waals surface area contributed by atoms with Gasteiger partial charge in [-0.15, -0.1) is 0 Å². The summed E-state index contributed by atoms with van der Waals surface area (Å²) in [5.74, 6) is -1.37. The maximum Gasteiger partial charge on any atom is 0.338 e. The van der Waals surface area contributed by atoms with E-state index in [9.17, 15) is 18.0 Å². The van der Waals surface area contributed by atoms with Crippen LogP contribution in [0.1, 0.15) is 15.9 Å². The van der Waals surface area contributed by atoms with Crippen LogP contribution in [0.4, 0.5) is 5.69 Å². The number of primary sulfonamides is 1. The monoisotopic (exact) mass is 399 g/mol. The Balaban J connectivity index is 1.69. The number of nitrogens with zero attached hydrogens (tertiary/aromatic N) is 1. The zero-order chi connectivity index (χ0) is 20.3. The fourth-order valence-corrected chi connectivity index (χ4v) is 3.45. The Bertz CT molecular complexity index is 1170. The molecule has 3 aromatic rings. The zero-order valence-corrected chi connectivity index (χ0v) is 15.7. The Morgan fingerprint density at radius 2 is 1.93 bits per heavy atom. The van der Waals surface area contributed by atoms with E-state index in [0.29, 0.717) is 16.8 Å². The van der Waals surface area contributed by atoms with Gasteiger partial charge < -0.3 is 10.1 Å². The molecule has 0 fully saturated rings. The molecule has 3 rings (SSSR count). The van der Waals surface area contributed by atoms with E-state index < -0.39 is 28.5 Å². The first-order valence-corrected chi connectivity index (χ1v) is 9.74. The lowest BCUT2D eigenvalue weighted by molar-refractivity contribution is -0.119. The molecule has 0 aliphatic heterocycles. The summed E-state index contributed by atoms with van der Waals surface area (Å²) in [4.78, 5) is 28.3. The minimum Gasteiger partial charge on any atom is -0.452 e. The van der Waals surface area contributed by atoms with Crippen LogP contribution in [0.3, 0.4) is 0 Å². The molecule has 9 heteroatoms. The number of fused-ring (bicyclic) bond motifs is 1. The van der Waals surface area contributed by atoms with Gasteiger partial charge in [-0.05, 0) is 48.9 Å². The molecular weight excluding hydrogens is 382 g/mol. The summed E-state index contributed by atoms with van der Waals surface area (Å²) in [5.41, 5.74) is 1.64. The lowest BCUT2D eigenvalue weighted by Gasteiger charge is -2.10. The number of anilines is 1. The number of nitrogens with one attached hydrogen (secondary N) is 1. The van der Waals surface area contributed by atoms with Crippen LogP contribution in [0, 0.1) is 6.92 Å². The summed E-state index contributed by atoms with van der Waals surface area (Å²) in [6.07, 6.45) is 1.65. The molecule has 1 amide bonds. The van der Waals surface area contributed by atoms with Gasteiger partial charge in [-0.2, -0.15) is 0 Å². The van der Waals surface area contributed by atoms with Crippen molar-refractivity contribution in [3.05, 3.63) is 65.9 Å². The Kier molecular flexibility index (Phi) is 5.39. The predicted molar refractivity (Wildman–Crippen MR) is 103 cm³/mol. The number of hydrogen-bond acceptors (Lipinski definition) is 6. The number of pyridine rings is 1. The van der Waals surface area contributed by atoms with Crippen LogP contribution in [0.15, 0.2) is 59.6 Å². The van der Waals surface area contributed by atoms with Gasteiger partial charge in [0.15, 0.2) is 6.61 Å². The van der Waals surface area contributed by atoms with E-state index in [1.54, 1.807) is 31.3 Å². The fourth-order valence-electron chi connectivity index (χ4n) is 2.65. The minimum atomic E-state index is -3.98. The van der Waals surface area contributed by atoms with Gasteiger partial charge in [-0.3, -0.25) is 9.78 Å². The number of carbonyl (C=O) groups is 2. The highest BCUT2D eigenvalue weighted by atomic mass is 32.2. The highest BCUT2D eigenvalue weighted by molar-refractivity contribution is 7.89. The molecule has 1 aromatic heterocycles. The van der Waals surface area contributed by atoms with Crippen molar-refractivity contribution < 1.29 is 22.7 Å². The number of amides is 1. The van der Waals surface area contributed by atoms with Gasteiger partial charge in [0.2, 0.25) is 10.0 Å². The SMILES string of the molecule is Cc1ccc(C(=O)OCC(=O)Nc2cccc3ncccc23)cc1S(N)(=O)=O. The van der Waals surface area contributed by atoms with E-state index in [4.69, 9.17) is 9.88 Å². The maximum absolute atomic E-state index is 12.2. The molecule has 28 heavy (non-hydrogen) atoms. The number of benzene rings is 2. The van der Waals surface area contributed by atoms with Crippen LogP contribution < -0.4 is 10.5 Å². The van der Waals surface area contributed by atoms with Crippen molar-refractivity contribution >= 4 is 38.5 Å². The summed E-state index contributed by atoms with van der Waals surface area (Å²) in [7, 11) is -3.98. The van der Waals surface area contributed by atoms with E-state index in [1.165, 1.54) is 12.1 Å². The number of ether oxygens (including phenoxy) is 1. The summed E-state index contributed by atoms with van der Waals surface area (Å²) in [6.45, 7) is 1.02. The van der Waals surface area contributed by atoms with Crippen LogP contribution in [0.25, 0.3) is 10.9 Å². The molecule has 0 saturated heterocycles. The quantitative estimate of drug-likeness (QED) is 0.631. The predicted octanol–water partition coefficient (Wildman–Crippen LogP) is 1.99. The summed E-state index contributed by atoms with van der Waals surface area (Å²) in [6, 6.07) is 12.8. The topological polar surface area (TPSA) is 128 Å². The number of nitrogens with two attached hydrogens (primary N) is 1. The molecule has 0 spiro atoms.